The first-order valence-corrected chi connectivity index (χ1v) is 6.63. The van der Waals surface area contributed by atoms with E-state index in [1.165, 1.54) is 5.57 Å². The second kappa shape index (κ2) is 9.39. The van der Waals surface area contributed by atoms with E-state index in [9.17, 15) is 0 Å². The van der Waals surface area contributed by atoms with Crippen molar-refractivity contribution in [3.8, 4) is 0 Å². The molecule has 4 heteroatoms. The molecule has 0 N–H and O–H groups in total. The van der Waals surface area contributed by atoms with E-state index in [1.54, 1.807) is 0 Å². The van der Waals surface area contributed by atoms with Crippen molar-refractivity contribution in [2.45, 2.75) is 13.8 Å². The van der Waals surface area contributed by atoms with Crippen molar-refractivity contribution in [3.05, 3.63) is 11.3 Å². The van der Waals surface area contributed by atoms with Crippen LogP contribution in [0.5, 0.6) is 0 Å². The zero-order valence-corrected chi connectivity index (χ0v) is 11.3. The van der Waals surface area contributed by atoms with E-state index >= 15 is 0 Å². The summed E-state index contributed by atoms with van der Waals surface area (Å²) in [5.41, 5.74) is 3.60. The fraction of sp³-hybridized carbons (Fsp3) is 0.800. The van der Waals surface area contributed by atoms with Gasteiger partial charge in [0.15, 0.2) is 0 Å². The van der Waals surface area contributed by atoms with Gasteiger partial charge in [-0.3, -0.25) is 0 Å². The summed E-state index contributed by atoms with van der Waals surface area (Å²) in [6.45, 7) is 7.01. The van der Waals surface area contributed by atoms with Gasteiger partial charge in [0, 0.05) is 13.2 Å². The van der Waals surface area contributed by atoms with Gasteiger partial charge in [-0.05, 0) is 33.5 Å². The van der Waals surface area contributed by atoms with Crippen LogP contribution in [0.4, 0.5) is 0 Å². The van der Waals surface area contributed by atoms with Crippen LogP contribution in [0.1, 0.15) is 13.8 Å². The molecule has 0 aromatic rings. The van der Waals surface area contributed by atoms with Gasteiger partial charge in [-0.2, -0.15) is 0 Å². The number of ether oxygens (including phenoxy) is 2. The summed E-state index contributed by atoms with van der Waals surface area (Å²) >= 11 is 0. The first-order valence-electron chi connectivity index (χ1n) is 5.18. The minimum absolute atomic E-state index is 0.246. The molecule has 0 aliphatic rings. The number of nitrogens with zero attached hydrogens (tertiary/aromatic N) is 1. The van der Waals surface area contributed by atoms with Gasteiger partial charge in [-0.15, -0.1) is 0 Å². The molecule has 0 saturated heterocycles. The van der Waals surface area contributed by atoms with Crippen LogP contribution in [0, 0.1) is 0 Å². The average Bonchev–Trinajstić information content (AvgIpc) is 2.16. The molecule has 3 nitrogen and oxygen atoms in total. The molecule has 0 bridgehead atoms. The van der Waals surface area contributed by atoms with E-state index in [4.69, 9.17) is 9.47 Å². The molecule has 14 heavy (non-hydrogen) atoms. The highest BCUT2D eigenvalue weighted by Gasteiger charge is 1.98. The van der Waals surface area contributed by atoms with Gasteiger partial charge in [0.2, 0.25) is 0 Å². The standard InChI is InChI=1S/C10H23NO2Si/c1-5-12-7-10(8-13-6-2)9-14-11(3)4/h9H,5-8,14H2,1-4H3. The Morgan fingerprint density at radius 2 is 1.64 bits per heavy atom. The second-order valence-corrected chi connectivity index (χ2v) is 5.44. The third-order valence-electron chi connectivity index (χ3n) is 1.73. The zero-order valence-electron chi connectivity index (χ0n) is 9.88. The van der Waals surface area contributed by atoms with Crippen molar-refractivity contribution < 1.29 is 9.47 Å². The van der Waals surface area contributed by atoms with Crippen molar-refractivity contribution in [2.24, 2.45) is 0 Å². The van der Waals surface area contributed by atoms with Gasteiger partial charge >= 0.3 is 0 Å². The Morgan fingerprint density at radius 1 is 1.14 bits per heavy atom. The highest BCUT2D eigenvalue weighted by atomic mass is 28.2. The monoisotopic (exact) mass is 217 g/mol. The largest absolute Gasteiger partial charge is 0.377 e. The van der Waals surface area contributed by atoms with Crippen molar-refractivity contribution >= 4 is 9.68 Å². The predicted molar refractivity (Wildman–Crippen MR) is 63.3 cm³/mol. The molecule has 0 aromatic heterocycles. The summed E-state index contributed by atoms with van der Waals surface area (Å²) in [5.74, 6) is 0. The molecule has 0 unspecified atom stereocenters. The molecule has 0 heterocycles. The predicted octanol–water partition coefficient (Wildman–Crippen LogP) is 0.589. The first kappa shape index (κ1) is 13.8. The average molecular weight is 217 g/mol. The van der Waals surface area contributed by atoms with Crippen LogP contribution >= 0.6 is 0 Å². The Morgan fingerprint density at radius 3 is 2.00 bits per heavy atom. The third-order valence-corrected chi connectivity index (χ3v) is 3.22. The Labute approximate surface area is 90.0 Å². The van der Waals surface area contributed by atoms with E-state index < -0.39 is 0 Å². The molecule has 0 aliphatic carbocycles. The van der Waals surface area contributed by atoms with E-state index in [1.807, 2.05) is 13.8 Å². The summed E-state index contributed by atoms with van der Waals surface area (Å²) in [6, 6.07) is 0. The van der Waals surface area contributed by atoms with Crippen LogP contribution in [0.3, 0.4) is 0 Å². The fourth-order valence-electron chi connectivity index (χ4n) is 0.938. The summed E-state index contributed by atoms with van der Waals surface area (Å²) in [4.78, 5) is 0. The molecule has 0 aromatic carbocycles. The smallest absolute Gasteiger partial charge is 0.119 e. The molecule has 0 radical (unpaired) electrons. The fourth-order valence-corrected chi connectivity index (χ4v) is 1.80. The minimum atomic E-state index is -0.246. The molecular weight excluding hydrogens is 194 g/mol. The Balaban J connectivity index is 3.87. The second-order valence-electron chi connectivity index (χ2n) is 3.40. The van der Waals surface area contributed by atoms with Crippen molar-refractivity contribution in [1.29, 1.82) is 0 Å². The summed E-state index contributed by atoms with van der Waals surface area (Å²) < 4.78 is 13.0. The maximum absolute atomic E-state index is 5.38. The van der Waals surface area contributed by atoms with Gasteiger partial charge in [0.05, 0.1) is 13.2 Å². The molecular formula is C10H23NO2Si. The quantitative estimate of drug-likeness (QED) is 0.556. The van der Waals surface area contributed by atoms with Crippen LogP contribution in [0.25, 0.3) is 0 Å². The van der Waals surface area contributed by atoms with Gasteiger partial charge in [-0.1, -0.05) is 5.70 Å². The minimum Gasteiger partial charge on any atom is -0.377 e. The lowest BCUT2D eigenvalue weighted by Gasteiger charge is -2.10. The molecule has 0 amide bonds. The van der Waals surface area contributed by atoms with Crippen LogP contribution in [-0.2, 0) is 9.47 Å². The number of hydrogen-bond acceptors (Lipinski definition) is 3. The lowest BCUT2D eigenvalue weighted by atomic mass is 10.3. The van der Waals surface area contributed by atoms with Crippen molar-refractivity contribution in [2.75, 3.05) is 40.5 Å². The molecule has 0 saturated carbocycles. The van der Waals surface area contributed by atoms with E-state index in [0.717, 1.165) is 26.4 Å². The van der Waals surface area contributed by atoms with E-state index in [2.05, 4.69) is 24.4 Å². The normalized spacial score (nSPS) is 11.5. The van der Waals surface area contributed by atoms with Crippen molar-refractivity contribution in [1.82, 2.24) is 4.57 Å². The summed E-state index contributed by atoms with van der Waals surface area (Å²) in [6.07, 6.45) is 0. The maximum atomic E-state index is 5.38. The Bertz CT molecular complexity index is 150. The Kier molecular flexibility index (Phi) is 9.28. The molecule has 0 fully saturated rings. The molecule has 0 rings (SSSR count). The SMILES string of the molecule is CCOCC(=C[SiH2]N(C)C)COCC. The molecule has 84 valence electrons. The highest BCUT2D eigenvalue weighted by Crippen LogP contribution is 1.97. The van der Waals surface area contributed by atoms with Crippen LogP contribution < -0.4 is 0 Å². The van der Waals surface area contributed by atoms with Crippen molar-refractivity contribution in [3.63, 3.8) is 0 Å². The van der Waals surface area contributed by atoms with Gasteiger partial charge in [-0.25, -0.2) is 0 Å². The lowest BCUT2D eigenvalue weighted by Crippen LogP contribution is -2.17. The lowest BCUT2D eigenvalue weighted by molar-refractivity contribution is 0.132. The zero-order chi connectivity index (χ0) is 10.8. The van der Waals surface area contributed by atoms with Crippen LogP contribution in [0.15, 0.2) is 11.3 Å². The van der Waals surface area contributed by atoms with Gasteiger partial charge < -0.3 is 14.0 Å². The molecule has 0 atom stereocenters. The first-order chi connectivity index (χ1) is 6.70. The van der Waals surface area contributed by atoms with Crippen LogP contribution in [0.2, 0.25) is 0 Å². The van der Waals surface area contributed by atoms with Gasteiger partial charge in [0.1, 0.15) is 9.68 Å². The topological polar surface area (TPSA) is 21.7 Å². The third kappa shape index (κ3) is 8.44. The molecule has 0 spiro atoms. The van der Waals surface area contributed by atoms with Crippen LogP contribution in [-0.4, -0.2) is 54.8 Å². The number of hydrogen-bond donors (Lipinski definition) is 0. The maximum Gasteiger partial charge on any atom is 0.119 e. The van der Waals surface area contributed by atoms with E-state index in [-0.39, 0.29) is 9.68 Å². The molecule has 0 aliphatic heterocycles. The van der Waals surface area contributed by atoms with Gasteiger partial charge in [0.25, 0.3) is 0 Å². The summed E-state index contributed by atoms with van der Waals surface area (Å²) in [5, 5.41) is 0. The van der Waals surface area contributed by atoms with E-state index in [0.29, 0.717) is 0 Å². The Hall–Kier alpha value is -0.163. The summed E-state index contributed by atoms with van der Waals surface area (Å²) in [7, 11) is 3.98. The number of rotatable bonds is 8. The highest BCUT2D eigenvalue weighted by molar-refractivity contribution is 6.38.